The Balaban J connectivity index is 2.03. The number of carbonyl (C=O) groups excluding carboxylic acids is 1. The highest BCUT2D eigenvalue weighted by molar-refractivity contribution is 5.92. The fraction of sp³-hybridized carbons (Fsp3) is 0.214. The number of rotatable bonds is 6. The molecule has 6 heteroatoms. The average Bonchev–Trinajstić information content (AvgIpc) is 2.92. The molecular weight excluding hydrogens is 258 g/mol. The molecule has 0 saturated carbocycles. The second kappa shape index (κ2) is 6.51. The van der Waals surface area contributed by atoms with Crippen LogP contribution < -0.4 is 5.32 Å². The average molecular weight is 273 g/mol. The van der Waals surface area contributed by atoms with Gasteiger partial charge in [-0.3, -0.25) is 9.59 Å². The van der Waals surface area contributed by atoms with Gasteiger partial charge in [-0.1, -0.05) is 12.1 Å². The minimum absolute atomic E-state index is 0.00573. The number of carbonyl (C=O) groups is 2. The Bertz CT molecular complexity index is 593. The van der Waals surface area contributed by atoms with Crippen molar-refractivity contribution in [3.05, 3.63) is 42.7 Å². The predicted molar refractivity (Wildman–Crippen MR) is 73.7 cm³/mol. The lowest BCUT2D eigenvalue weighted by Gasteiger charge is -2.10. The molecule has 0 aliphatic carbocycles. The Labute approximate surface area is 116 Å². The van der Waals surface area contributed by atoms with Crippen LogP contribution in [-0.2, 0) is 9.59 Å². The van der Waals surface area contributed by atoms with E-state index >= 15 is 0 Å². The topological polar surface area (TPSA) is 84.2 Å². The highest BCUT2D eigenvalue weighted by Gasteiger charge is 2.08. The number of amides is 1. The third-order valence-corrected chi connectivity index (χ3v) is 2.72. The molecule has 0 radical (unpaired) electrons. The first-order chi connectivity index (χ1) is 9.66. The van der Waals surface area contributed by atoms with E-state index in [0.717, 1.165) is 5.69 Å². The van der Waals surface area contributed by atoms with Crippen molar-refractivity contribution in [2.75, 3.05) is 5.32 Å². The van der Waals surface area contributed by atoms with Crippen LogP contribution in [0.25, 0.3) is 5.69 Å². The summed E-state index contributed by atoms with van der Waals surface area (Å²) in [4.78, 5) is 22.2. The van der Waals surface area contributed by atoms with E-state index < -0.39 is 5.97 Å². The molecule has 0 spiro atoms. The molecule has 1 aromatic carbocycles. The monoisotopic (exact) mass is 273 g/mol. The molecule has 2 N–H and O–H groups in total. The SMILES string of the molecule is O=C(O)CCCC(=O)Nc1ccccc1-n1cccn1. The van der Waals surface area contributed by atoms with Crippen LogP contribution in [0.5, 0.6) is 0 Å². The maximum Gasteiger partial charge on any atom is 0.303 e. The largest absolute Gasteiger partial charge is 0.481 e. The molecule has 6 nitrogen and oxygen atoms in total. The number of benzene rings is 1. The van der Waals surface area contributed by atoms with Crippen LogP contribution in [0.3, 0.4) is 0 Å². The van der Waals surface area contributed by atoms with E-state index in [9.17, 15) is 9.59 Å². The lowest BCUT2D eigenvalue weighted by molar-refractivity contribution is -0.137. The predicted octanol–water partition coefficient (Wildman–Crippen LogP) is 2.07. The standard InChI is InChI=1S/C14H15N3O3/c18-13(7-3-8-14(19)20)16-11-5-1-2-6-12(11)17-10-4-9-15-17/h1-2,4-6,9-10H,3,7-8H2,(H,16,18)(H,19,20). The van der Waals surface area contributed by atoms with Crippen LogP contribution in [0.1, 0.15) is 19.3 Å². The first-order valence-electron chi connectivity index (χ1n) is 6.27. The van der Waals surface area contributed by atoms with Gasteiger partial charge in [-0.2, -0.15) is 5.10 Å². The van der Waals surface area contributed by atoms with Gasteiger partial charge in [0.15, 0.2) is 0 Å². The van der Waals surface area contributed by atoms with Crippen molar-refractivity contribution in [3.8, 4) is 5.69 Å². The van der Waals surface area contributed by atoms with Gasteiger partial charge in [0.2, 0.25) is 5.91 Å². The van der Waals surface area contributed by atoms with Gasteiger partial charge in [-0.05, 0) is 24.6 Å². The Kier molecular flexibility index (Phi) is 4.49. The van der Waals surface area contributed by atoms with Gasteiger partial charge >= 0.3 is 5.97 Å². The van der Waals surface area contributed by atoms with E-state index in [4.69, 9.17) is 5.11 Å². The van der Waals surface area contributed by atoms with Crippen molar-refractivity contribution in [2.24, 2.45) is 0 Å². The molecular formula is C14H15N3O3. The first kappa shape index (κ1) is 13.8. The van der Waals surface area contributed by atoms with Crippen molar-refractivity contribution in [1.82, 2.24) is 9.78 Å². The normalized spacial score (nSPS) is 10.2. The molecule has 0 fully saturated rings. The zero-order valence-corrected chi connectivity index (χ0v) is 10.8. The number of anilines is 1. The van der Waals surface area contributed by atoms with Gasteiger partial charge in [0, 0.05) is 25.2 Å². The number of nitrogens with zero attached hydrogens (tertiary/aromatic N) is 2. The molecule has 0 bridgehead atoms. The molecule has 0 atom stereocenters. The Hall–Kier alpha value is -2.63. The summed E-state index contributed by atoms with van der Waals surface area (Å²) < 4.78 is 1.66. The van der Waals surface area contributed by atoms with Crippen molar-refractivity contribution < 1.29 is 14.7 Å². The highest BCUT2D eigenvalue weighted by Crippen LogP contribution is 2.19. The first-order valence-corrected chi connectivity index (χ1v) is 6.27. The molecule has 104 valence electrons. The van der Waals surface area contributed by atoms with Crippen molar-refractivity contribution in [1.29, 1.82) is 0 Å². The van der Waals surface area contributed by atoms with Crippen LogP contribution in [0, 0.1) is 0 Å². The number of hydrogen-bond acceptors (Lipinski definition) is 3. The minimum Gasteiger partial charge on any atom is -0.481 e. The van der Waals surface area contributed by atoms with Crippen LogP contribution in [0.15, 0.2) is 42.7 Å². The maximum atomic E-state index is 11.8. The number of para-hydroxylation sites is 2. The van der Waals surface area contributed by atoms with Crippen molar-refractivity contribution in [2.45, 2.75) is 19.3 Å². The van der Waals surface area contributed by atoms with Crippen molar-refractivity contribution in [3.63, 3.8) is 0 Å². The number of aromatic nitrogens is 2. The summed E-state index contributed by atoms with van der Waals surface area (Å²) in [5.74, 6) is -1.10. The molecule has 1 heterocycles. The zero-order chi connectivity index (χ0) is 14.4. The Morgan fingerprint density at radius 2 is 2.00 bits per heavy atom. The van der Waals surface area contributed by atoms with Gasteiger partial charge in [0.05, 0.1) is 11.4 Å². The van der Waals surface area contributed by atoms with Gasteiger partial charge in [-0.25, -0.2) is 4.68 Å². The van der Waals surface area contributed by atoms with E-state index in [1.54, 1.807) is 29.2 Å². The molecule has 0 saturated heterocycles. The quantitative estimate of drug-likeness (QED) is 0.843. The van der Waals surface area contributed by atoms with E-state index in [1.165, 1.54) is 0 Å². The Morgan fingerprint density at radius 3 is 2.70 bits per heavy atom. The fourth-order valence-electron chi connectivity index (χ4n) is 1.80. The van der Waals surface area contributed by atoms with Gasteiger partial charge in [0.1, 0.15) is 0 Å². The summed E-state index contributed by atoms with van der Waals surface area (Å²) in [6.07, 6.45) is 3.94. The van der Waals surface area contributed by atoms with Crippen LogP contribution in [-0.4, -0.2) is 26.8 Å². The molecule has 20 heavy (non-hydrogen) atoms. The summed E-state index contributed by atoms with van der Waals surface area (Å²) in [6.45, 7) is 0. The van der Waals surface area contributed by atoms with E-state index in [0.29, 0.717) is 12.1 Å². The summed E-state index contributed by atoms with van der Waals surface area (Å²) in [5.41, 5.74) is 1.42. The third-order valence-electron chi connectivity index (χ3n) is 2.72. The molecule has 0 aliphatic rings. The molecule has 0 aliphatic heterocycles. The molecule has 1 amide bonds. The Morgan fingerprint density at radius 1 is 1.20 bits per heavy atom. The molecule has 0 unspecified atom stereocenters. The number of carboxylic acid groups (broad SMARTS) is 1. The zero-order valence-electron chi connectivity index (χ0n) is 10.8. The minimum atomic E-state index is -0.894. The number of nitrogens with one attached hydrogen (secondary N) is 1. The van der Waals surface area contributed by atoms with Crippen LogP contribution in [0.2, 0.25) is 0 Å². The second-order valence-electron chi connectivity index (χ2n) is 4.26. The third kappa shape index (κ3) is 3.68. The summed E-state index contributed by atoms with van der Waals surface area (Å²) in [6, 6.07) is 9.11. The lowest BCUT2D eigenvalue weighted by Crippen LogP contribution is -2.14. The van der Waals surface area contributed by atoms with Crippen LogP contribution in [0.4, 0.5) is 5.69 Å². The summed E-state index contributed by atoms with van der Waals surface area (Å²) in [7, 11) is 0. The number of carboxylic acids is 1. The van der Waals surface area contributed by atoms with E-state index in [1.807, 2.05) is 18.2 Å². The summed E-state index contributed by atoms with van der Waals surface area (Å²) in [5, 5.41) is 15.4. The molecule has 2 aromatic rings. The highest BCUT2D eigenvalue weighted by atomic mass is 16.4. The molecule has 1 aromatic heterocycles. The summed E-state index contributed by atoms with van der Waals surface area (Å²) >= 11 is 0. The number of hydrogen-bond donors (Lipinski definition) is 2. The number of aliphatic carboxylic acids is 1. The van der Waals surface area contributed by atoms with Gasteiger partial charge in [0.25, 0.3) is 0 Å². The van der Waals surface area contributed by atoms with Gasteiger partial charge in [-0.15, -0.1) is 0 Å². The second-order valence-corrected chi connectivity index (χ2v) is 4.26. The lowest BCUT2D eigenvalue weighted by atomic mass is 10.2. The van der Waals surface area contributed by atoms with Crippen LogP contribution >= 0.6 is 0 Å². The fourth-order valence-corrected chi connectivity index (χ4v) is 1.80. The maximum absolute atomic E-state index is 11.8. The molecule has 2 rings (SSSR count). The van der Waals surface area contributed by atoms with E-state index in [2.05, 4.69) is 10.4 Å². The van der Waals surface area contributed by atoms with Gasteiger partial charge < -0.3 is 10.4 Å². The van der Waals surface area contributed by atoms with Crippen molar-refractivity contribution >= 4 is 17.6 Å². The smallest absolute Gasteiger partial charge is 0.303 e. The van der Waals surface area contributed by atoms with E-state index in [-0.39, 0.29) is 18.7 Å².